The molecule has 0 saturated carbocycles. The van der Waals surface area contributed by atoms with E-state index in [1.807, 2.05) is 0 Å². The summed E-state index contributed by atoms with van der Waals surface area (Å²) >= 11 is 0. The van der Waals surface area contributed by atoms with Gasteiger partial charge in [0.1, 0.15) is 0 Å². The molecule has 0 radical (unpaired) electrons. The Morgan fingerprint density at radius 3 is 2.59 bits per heavy atom. The molecule has 1 aromatic heterocycles. The predicted molar refractivity (Wildman–Crippen MR) is 66.1 cm³/mol. The van der Waals surface area contributed by atoms with Crippen molar-refractivity contribution in [2.45, 2.75) is 19.3 Å². The molecule has 1 heterocycles. The standard InChI is InChI=1S/C11H18N2O3S/c14-9-2-1-6-13-17(15,16)10-5-11-3-7-12-8-4-11/h3-4,7-8,13-14H,1-2,5-6,9-10H2. The summed E-state index contributed by atoms with van der Waals surface area (Å²) in [6.07, 6.45) is 5.06. The van der Waals surface area contributed by atoms with Gasteiger partial charge in [-0.1, -0.05) is 0 Å². The predicted octanol–water partition coefficient (Wildman–Crippen LogP) is 0.316. The zero-order valence-corrected chi connectivity index (χ0v) is 10.5. The summed E-state index contributed by atoms with van der Waals surface area (Å²) in [6, 6.07) is 3.61. The molecule has 0 aliphatic carbocycles. The molecule has 0 unspecified atom stereocenters. The van der Waals surface area contributed by atoms with Crippen LogP contribution in [0.15, 0.2) is 24.5 Å². The zero-order chi connectivity index (χ0) is 12.6. The summed E-state index contributed by atoms with van der Waals surface area (Å²) in [6.45, 7) is 0.484. The van der Waals surface area contributed by atoms with Crippen molar-refractivity contribution in [2.75, 3.05) is 18.9 Å². The fourth-order valence-corrected chi connectivity index (χ4v) is 2.44. The zero-order valence-electron chi connectivity index (χ0n) is 9.67. The summed E-state index contributed by atoms with van der Waals surface area (Å²) in [5.41, 5.74) is 0.959. The Kier molecular flexibility index (Phi) is 6.10. The molecule has 0 saturated heterocycles. The third-order valence-corrected chi connectivity index (χ3v) is 3.70. The van der Waals surface area contributed by atoms with Gasteiger partial charge in [-0.3, -0.25) is 4.98 Å². The van der Waals surface area contributed by atoms with Crippen LogP contribution in [0.4, 0.5) is 0 Å². The van der Waals surface area contributed by atoms with Crippen LogP contribution in [-0.4, -0.2) is 37.4 Å². The molecule has 2 N–H and O–H groups in total. The Bertz CT molecular complexity index is 406. The van der Waals surface area contributed by atoms with Gasteiger partial charge < -0.3 is 5.11 Å². The number of pyridine rings is 1. The van der Waals surface area contributed by atoms with Crippen molar-refractivity contribution < 1.29 is 13.5 Å². The molecule has 0 aromatic carbocycles. The van der Waals surface area contributed by atoms with Gasteiger partial charge in [-0.2, -0.15) is 0 Å². The van der Waals surface area contributed by atoms with Crippen molar-refractivity contribution in [3.8, 4) is 0 Å². The second kappa shape index (κ2) is 7.37. The monoisotopic (exact) mass is 258 g/mol. The molecule has 6 heteroatoms. The largest absolute Gasteiger partial charge is 0.396 e. The van der Waals surface area contributed by atoms with E-state index in [4.69, 9.17) is 5.11 Å². The number of aliphatic hydroxyl groups is 1. The summed E-state index contributed by atoms with van der Waals surface area (Å²) < 4.78 is 25.7. The van der Waals surface area contributed by atoms with Crippen LogP contribution in [0.5, 0.6) is 0 Å². The molecule has 0 bridgehead atoms. The number of sulfonamides is 1. The van der Waals surface area contributed by atoms with Gasteiger partial charge in [-0.25, -0.2) is 13.1 Å². The highest BCUT2D eigenvalue weighted by Crippen LogP contribution is 2.00. The molecule has 1 rings (SSSR count). The first-order valence-corrected chi connectivity index (χ1v) is 7.26. The maximum absolute atomic E-state index is 11.6. The number of aliphatic hydroxyl groups excluding tert-OH is 1. The van der Waals surface area contributed by atoms with Crippen molar-refractivity contribution in [3.05, 3.63) is 30.1 Å². The van der Waals surface area contributed by atoms with Crippen molar-refractivity contribution >= 4 is 10.0 Å². The van der Waals surface area contributed by atoms with Crippen LogP contribution in [0.2, 0.25) is 0 Å². The van der Waals surface area contributed by atoms with Crippen LogP contribution in [0.25, 0.3) is 0 Å². The van der Waals surface area contributed by atoms with E-state index in [-0.39, 0.29) is 12.4 Å². The van der Waals surface area contributed by atoms with Gasteiger partial charge in [0.05, 0.1) is 5.75 Å². The number of hydrogen-bond acceptors (Lipinski definition) is 4. The number of aromatic nitrogens is 1. The second-order valence-corrected chi connectivity index (χ2v) is 5.68. The Balaban J connectivity index is 2.30. The molecule has 0 aliphatic rings. The summed E-state index contributed by atoms with van der Waals surface area (Å²) in [5.74, 6) is 0.0795. The maximum atomic E-state index is 11.6. The first-order chi connectivity index (χ1) is 8.14. The lowest BCUT2D eigenvalue weighted by Crippen LogP contribution is -2.28. The van der Waals surface area contributed by atoms with Gasteiger partial charge in [0.25, 0.3) is 0 Å². The Morgan fingerprint density at radius 1 is 1.24 bits per heavy atom. The molecule has 0 fully saturated rings. The quantitative estimate of drug-likeness (QED) is 0.658. The molecular formula is C11H18N2O3S. The Hall–Kier alpha value is -0.980. The van der Waals surface area contributed by atoms with Gasteiger partial charge >= 0.3 is 0 Å². The Morgan fingerprint density at radius 2 is 1.94 bits per heavy atom. The van der Waals surface area contributed by atoms with Crippen molar-refractivity contribution in [1.29, 1.82) is 0 Å². The minimum atomic E-state index is -3.21. The SMILES string of the molecule is O=S(=O)(CCc1ccncc1)NCCCCO. The molecule has 5 nitrogen and oxygen atoms in total. The number of hydrogen-bond donors (Lipinski definition) is 2. The van der Waals surface area contributed by atoms with Gasteiger partial charge in [0, 0.05) is 25.5 Å². The van der Waals surface area contributed by atoms with E-state index in [0.717, 1.165) is 5.56 Å². The van der Waals surface area contributed by atoms with Crippen LogP contribution in [-0.2, 0) is 16.4 Å². The minimum Gasteiger partial charge on any atom is -0.396 e. The lowest BCUT2D eigenvalue weighted by Gasteiger charge is -2.06. The highest BCUT2D eigenvalue weighted by atomic mass is 32.2. The number of nitrogens with zero attached hydrogens (tertiary/aromatic N) is 1. The lowest BCUT2D eigenvalue weighted by molar-refractivity contribution is 0.285. The van der Waals surface area contributed by atoms with Crippen LogP contribution in [0.1, 0.15) is 18.4 Å². The van der Waals surface area contributed by atoms with Crippen LogP contribution >= 0.6 is 0 Å². The lowest BCUT2D eigenvalue weighted by atomic mass is 10.2. The van der Waals surface area contributed by atoms with E-state index < -0.39 is 10.0 Å². The third kappa shape index (κ3) is 6.35. The number of nitrogens with one attached hydrogen (secondary N) is 1. The molecule has 1 aromatic rings. The maximum Gasteiger partial charge on any atom is 0.211 e. The van der Waals surface area contributed by atoms with Crippen LogP contribution in [0, 0.1) is 0 Å². The van der Waals surface area contributed by atoms with E-state index in [1.54, 1.807) is 24.5 Å². The third-order valence-electron chi connectivity index (χ3n) is 2.32. The van der Waals surface area contributed by atoms with Gasteiger partial charge in [0.2, 0.25) is 10.0 Å². The van der Waals surface area contributed by atoms with E-state index >= 15 is 0 Å². The first-order valence-electron chi connectivity index (χ1n) is 5.61. The summed E-state index contributed by atoms with van der Waals surface area (Å²) in [7, 11) is -3.21. The van der Waals surface area contributed by atoms with Crippen molar-refractivity contribution in [2.24, 2.45) is 0 Å². The van der Waals surface area contributed by atoms with E-state index in [1.165, 1.54) is 0 Å². The second-order valence-electron chi connectivity index (χ2n) is 3.75. The van der Waals surface area contributed by atoms with E-state index in [0.29, 0.717) is 25.8 Å². The Labute approximate surface area is 102 Å². The van der Waals surface area contributed by atoms with E-state index in [2.05, 4.69) is 9.71 Å². The van der Waals surface area contributed by atoms with Crippen LogP contribution < -0.4 is 4.72 Å². The average molecular weight is 258 g/mol. The van der Waals surface area contributed by atoms with Gasteiger partial charge in [-0.05, 0) is 37.0 Å². The normalized spacial score (nSPS) is 11.6. The van der Waals surface area contributed by atoms with Gasteiger partial charge in [0.15, 0.2) is 0 Å². The smallest absolute Gasteiger partial charge is 0.211 e. The van der Waals surface area contributed by atoms with Crippen molar-refractivity contribution in [3.63, 3.8) is 0 Å². The molecule has 96 valence electrons. The minimum absolute atomic E-state index is 0.0795. The number of aryl methyl sites for hydroxylation is 1. The molecule has 0 aliphatic heterocycles. The molecule has 0 spiro atoms. The van der Waals surface area contributed by atoms with Crippen molar-refractivity contribution in [1.82, 2.24) is 9.71 Å². The average Bonchev–Trinajstić information content (AvgIpc) is 2.34. The molecular weight excluding hydrogens is 240 g/mol. The topological polar surface area (TPSA) is 79.3 Å². The number of rotatable bonds is 8. The highest BCUT2D eigenvalue weighted by molar-refractivity contribution is 7.89. The summed E-state index contributed by atoms with van der Waals surface area (Å²) in [5, 5.41) is 8.56. The fourth-order valence-electron chi connectivity index (χ4n) is 1.34. The molecule has 0 atom stereocenters. The number of unbranched alkanes of at least 4 members (excludes halogenated alkanes) is 1. The highest BCUT2D eigenvalue weighted by Gasteiger charge is 2.09. The fraction of sp³-hybridized carbons (Fsp3) is 0.545. The van der Waals surface area contributed by atoms with Gasteiger partial charge in [-0.15, -0.1) is 0 Å². The molecule has 0 amide bonds. The van der Waals surface area contributed by atoms with E-state index in [9.17, 15) is 8.42 Å². The molecule has 17 heavy (non-hydrogen) atoms. The van der Waals surface area contributed by atoms with Crippen LogP contribution in [0.3, 0.4) is 0 Å². The summed E-state index contributed by atoms with van der Waals surface area (Å²) in [4.78, 5) is 3.87. The first kappa shape index (κ1) is 14.1.